The second-order valence-corrected chi connectivity index (χ2v) is 4.58. The number of aromatic nitrogens is 2. The van der Waals surface area contributed by atoms with Gasteiger partial charge in [0, 0.05) is 5.02 Å². The number of benzene rings is 2. The third-order valence-corrected chi connectivity index (χ3v) is 3.21. The Kier molecular flexibility index (Phi) is 2.80. The first-order chi connectivity index (χ1) is 9.19. The second-order valence-electron chi connectivity index (χ2n) is 4.14. The summed E-state index contributed by atoms with van der Waals surface area (Å²) < 4.78 is 6.58. The van der Waals surface area contributed by atoms with Crippen LogP contribution in [0.1, 0.15) is 0 Å². The van der Waals surface area contributed by atoms with Crippen molar-refractivity contribution in [1.29, 1.82) is 0 Å². The second kappa shape index (κ2) is 4.48. The topological polar surface area (TPSA) is 47.0 Å². The number of methoxy groups -OCH3 is 1. The number of nitrogens with zero attached hydrogens (tertiary/aromatic N) is 1. The molecule has 1 N–H and O–H groups in total. The average molecular weight is 275 g/mol. The van der Waals surface area contributed by atoms with Gasteiger partial charge in [0.1, 0.15) is 5.75 Å². The summed E-state index contributed by atoms with van der Waals surface area (Å²) in [6.07, 6.45) is 0. The molecule has 1 aromatic heterocycles. The van der Waals surface area contributed by atoms with E-state index in [0.29, 0.717) is 10.4 Å². The summed E-state index contributed by atoms with van der Waals surface area (Å²) in [6.45, 7) is 0. The van der Waals surface area contributed by atoms with Gasteiger partial charge >= 0.3 is 0 Å². The molecule has 96 valence electrons. The number of hydrogen-bond donors (Lipinski definition) is 1. The first kappa shape index (κ1) is 11.9. The highest BCUT2D eigenvalue weighted by atomic mass is 35.5. The number of hydrogen-bond acceptors (Lipinski definition) is 2. The van der Waals surface area contributed by atoms with Crippen LogP contribution < -0.4 is 10.3 Å². The maximum Gasteiger partial charge on any atom is 0.279 e. The predicted octanol–water partition coefficient (Wildman–Crippen LogP) is 2.98. The van der Waals surface area contributed by atoms with Gasteiger partial charge in [-0.05, 0) is 42.5 Å². The van der Waals surface area contributed by atoms with Gasteiger partial charge in [-0.3, -0.25) is 9.89 Å². The maximum absolute atomic E-state index is 12.3. The Labute approximate surface area is 114 Å². The van der Waals surface area contributed by atoms with Crippen LogP contribution in [0, 0.1) is 0 Å². The Morgan fingerprint density at radius 2 is 1.89 bits per heavy atom. The van der Waals surface area contributed by atoms with Crippen molar-refractivity contribution in [3.05, 3.63) is 57.8 Å². The van der Waals surface area contributed by atoms with Gasteiger partial charge in [0.15, 0.2) is 0 Å². The van der Waals surface area contributed by atoms with Gasteiger partial charge in [0.2, 0.25) is 0 Å². The largest absolute Gasteiger partial charge is 0.497 e. The summed E-state index contributed by atoms with van der Waals surface area (Å²) >= 11 is 5.91. The van der Waals surface area contributed by atoms with Crippen molar-refractivity contribution in [3.8, 4) is 11.4 Å². The molecule has 2 aromatic carbocycles. The van der Waals surface area contributed by atoms with Crippen LogP contribution in [0.5, 0.6) is 5.75 Å². The average Bonchev–Trinajstić information content (AvgIpc) is 2.76. The van der Waals surface area contributed by atoms with E-state index in [1.165, 1.54) is 4.68 Å². The van der Waals surface area contributed by atoms with Crippen LogP contribution in [-0.4, -0.2) is 16.9 Å². The van der Waals surface area contributed by atoms with Crippen LogP contribution in [0.2, 0.25) is 5.02 Å². The van der Waals surface area contributed by atoms with Gasteiger partial charge in [0.05, 0.1) is 23.7 Å². The number of ether oxygens (including phenoxy) is 1. The molecule has 0 unspecified atom stereocenters. The van der Waals surface area contributed by atoms with Crippen LogP contribution in [0.25, 0.3) is 16.6 Å². The first-order valence-corrected chi connectivity index (χ1v) is 6.11. The molecule has 0 saturated carbocycles. The predicted molar refractivity (Wildman–Crippen MR) is 75.5 cm³/mol. The van der Waals surface area contributed by atoms with Gasteiger partial charge in [-0.15, -0.1) is 0 Å². The van der Waals surface area contributed by atoms with E-state index in [9.17, 15) is 4.79 Å². The van der Waals surface area contributed by atoms with Crippen LogP contribution in [-0.2, 0) is 0 Å². The quantitative estimate of drug-likeness (QED) is 0.781. The molecule has 0 aliphatic rings. The Hall–Kier alpha value is -2.20. The van der Waals surface area contributed by atoms with E-state index >= 15 is 0 Å². The number of aromatic amines is 1. The van der Waals surface area contributed by atoms with E-state index in [4.69, 9.17) is 16.3 Å². The molecule has 0 radical (unpaired) electrons. The monoisotopic (exact) mass is 274 g/mol. The summed E-state index contributed by atoms with van der Waals surface area (Å²) in [5.41, 5.74) is 1.38. The number of rotatable bonds is 2. The third-order valence-electron chi connectivity index (χ3n) is 2.98. The van der Waals surface area contributed by atoms with E-state index in [0.717, 1.165) is 17.0 Å². The Morgan fingerprint density at radius 1 is 1.16 bits per heavy atom. The van der Waals surface area contributed by atoms with Crippen molar-refractivity contribution in [2.45, 2.75) is 0 Å². The fourth-order valence-corrected chi connectivity index (χ4v) is 2.17. The van der Waals surface area contributed by atoms with E-state index in [2.05, 4.69) is 5.10 Å². The summed E-state index contributed by atoms with van der Waals surface area (Å²) in [6, 6.07) is 12.4. The third kappa shape index (κ3) is 2.00. The molecule has 0 aliphatic carbocycles. The zero-order valence-electron chi connectivity index (χ0n) is 10.2. The fraction of sp³-hybridized carbons (Fsp3) is 0.0714. The number of halogens is 1. The molecule has 0 bridgehead atoms. The summed E-state index contributed by atoms with van der Waals surface area (Å²) in [4.78, 5) is 12.3. The highest BCUT2D eigenvalue weighted by Crippen LogP contribution is 2.17. The Bertz CT molecular complexity index is 787. The molecule has 0 atom stereocenters. The van der Waals surface area contributed by atoms with Crippen molar-refractivity contribution in [2.24, 2.45) is 0 Å². The lowest BCUT2D eigenvalue weighted by molar-refractivity contribution is 0.414. The lowest BCUT2D eigenvalue weighted by atomic mass is 10.2. The van der Waals surface area contributed by atoms with Crippen molar-refractivity contribution in [3.63, 3.8) is 0 Å². The molecule has 3 aromatic rings. The summed E-state index contributed by atoms with van der Waals surface area (Å²) in [5.74, 6) is 0.746. The van der Waals surface area contributed by atoms with Crippen LogP contribution in [0.3, 0.4) is 0 Å². The lowest BCUT2D eigenvalue weighted by Gasteiger charge is -2.03. The van der Waals surface area contributed by atoms with Gasteiger partial charge < -0.3 is 4.74 Å². The van der Waals surface area contributed by atoms with Crippen molar-refractivity contribution < 1.29 is 4.74 Å². The van der Waals surface area contributed by atoms with E-state index < -0.39 is 0 Å². The normalized spacial score (nSPS) is 10.8. The molecule has 4 nitrogen and oxygen atoms in total. The van der Waals surface area contributed by atoms with Crippen molar-refractivity contribution in [1.82, 2.24) is 9.78 Å². The lowest BCUT2D eigenvalue weighted by Crippen LogP contribution is -2.13. The summed E-state index contributed by atoms with van der Waals surface area (Å²) in [7, 11) is 1.60. The van der Waals surface area contributed by atoms with Crippen LogP contribution in [0.15, 0.2) is 47.3 Å². The molecule has 0 fully saturated rings. The molecule has 0 spiro atoms. The molecule has 19 heavy (non-hydrogen) atoms. The Morgan fingerprint density at radius 3 is 2.58 bits per heavy atom. The minimum Gasteiger partial charge on any atom is -0.497 e. The smallest absolute Gasteiger partial charge is 0.279 e. The highest BCUT2D eigenvalue weighted by Gasteiger charge is 2.08. The fourth-order valence-electron chi connectivity index (χ4n) is 2.00. The standard InChI is InChI=1S/C14H11ClN2O2/c1-19-11-5-3-10(4-6-11)17-14(18)12-8-9(15)2-7-13(12)16-17/h2-8,16H,1H3. The molecule has 5 heteroatoms. The molecular weight excluding hydrogens is 264 g/mol. The van der Waals surface area contributed by atoms with Gasteiger partial charge in [-0.25, -0.2) is 4.68 Å². The zero-order valence-corrected chi connectivity index (χ0v) is 10.9. The van der Waals surface area contributed by atoms with Gasteiger partial charge in [0.25, 0.3) is 5.56 Å². The molecular formula is C14H11ClN2O2. The Balaban J connectivity index is 2.19. The molecule has 0 aliphatic heterocycles. The SMILES string of the molecule is COc1ccc(-n2[nH]c3ccc(Cl)cc3c2=O)cc1. The minimum absolute atomic E-state index is 0.123. The molecule has 0 amide bonds. The maximum atomic E-state index is 12.3. The summed E-state index contributed by atoms with van der Waals surface area (Å²) in [5, 5.41) is 4.17. The number of nitrogens with one attached hydrogen (secondary N) is 1. The van der Waals surface area contributed by atoms with E-state index in [1.54, 1.807) is 37.4 Å². The molecule has 1 heterocycles. The van der Waals surface area contributed by atoms with Crippen molar-refractivity contribution in [2.75, 3.05) is 7.11 Å². The van der Waals surface area contributed by atoms with E-state index in [1.807, 2.05) is 12.1 Å². The van der Waals surface area contributed by atoms with Crippen LogP contribution >= 0.6 is 11.6 Å². The van der Waals surface area contributed by atoms with Crippen molar-refractivity contribution >= 4 is 22.5 Å². The zero-order chi connectivity index (χ0) is 13.4. The molecule has 0 saturated heterocycles. The van der Waals surface area contributed by atoms with Gasteiger partial charge in [-0.2, -0.15) is 0 Å². The van der Waals surface area contributed by atoms with Crippen LogP contribution in [0.4, 0.5) is 0 Å². The van der Waals surface area contributed by atoms with Gasteiger partial charge in [-0.1, -0.05) is 11.6 Å². The first-order valence-electron chi connectivity index (χ1n) is 5.74. The molecule has 3 rings (SSSR count). The van der Waals surface area contributed by atoms with E-state index in [-0.39, 0.29) is 5.56 Å². The highest BCUT2D eigenvalue weighted by molar-refractivity contribution is 6.31. The number of fused-ring (bicyclic) bond motifs is 1. The minimum atomic E-state index is -0.123. The number of H-pyrrole nitrogens is 1.